The molecule has 0 unspecified atom stereocenters. The molecule has 0 aliphatic rings. The number of aromatic nitrogens is 1. The Bertz CT molecular complexity index is 1290. The summed E-state index contributed by atoms with van der Waals surface area (Å²) in [5.74, 6) is 0.0553. The number of hydrogen-bond donors (Lipinski definition) is 1. The molecule has 4 nitrogen and oxygen atoms in total. The number of ketones is 1. The van der Waals surface area contributed by atoms with Crippen molar-refractivity contribution in [3.05, 3.63) is 101 Å². The van der Waals surface area contributed by atoms with Crippen LogP contribution in [0.2, 0.25) is 0 Å². The van der Waals surface area contributed by atoms with E-state index in [1.807, 2.05) is 61.5 Å². The van der Waals surface area contributed by atoms with Crippen molar-refractivity contribution >= 4 is 22.6 Å². The zero-order chi connectivity index (χ0) is 23.9. The fraction of sp³-hybridized carbons (Fsp3) is 0.233. The highest BCUT2D eigenvalue weighted by Crippen LogP contribution is 2.29. The van der Waals surface area contributed by atoms with Gasteiger partial charge in [0.25, 0.3) is 5.91 Å². The zero-order valence-corrected chi connectivity index (χ0v) is 19.8. The van der Waals surface area contributed by atoms with Crippen molar-refractivity contribution in [2.75, 3.05) is 6.54 Å². The Morgan fingerprint density at radius 2 is 1.62 bits per heavy atom. The first-order valence-electron chi connectivity index (χ1n) is 12.0. The lowest BCUT2D eigenvalue weighted by Gasteiger charge is -2.13. The topological polar surface area (TPSA) is 59.1 Å². The van der Waals surface area contributed by atoms with Crippen molar-refractivity contribution in [1.29, 1.82) is 0 Å². The molecule has 4 heteroatoms. The Hall–Kier alpha value is -3.79. The second-order valence-corrected chi connectivity index (χ2v) is 8.51. The van der Waals surface area contributed by atoms with E-state index in [2.05, 4.69) is 35.4 Å². The van der Waals surface area contributed by atoms with E-state index in [0.29, 0.717) is 30.5 Å². The van der Waals surface area contributed by atoms with Gasteiger partial charge in [0.2, 0.25) is 0 Å². The summed E-state index contributed by atoms with van der Waals surface area (Å²) in [6.45, 7) is 4.68. The van der Waals surface area contributed by atoms with Gasteiger partial charge >= 0.3 is 0 Å². The number of pyridine rings is 1. The fourth-order valence-corrected chi connectivity index (χ4v) is 4.14. The van der Waals surface area contributed by atoms with Gasteiger partial charge in [0, 0.05) is 35.7 Å². The first-order valence-corrected chi connectivity index (χ1v) is 12.0. The molecule has 1 aromatic heterocycles. The van der Waals surface area contributed by atoms with Gasteiger partial charge in [-0.3, -0.25) is 14.6 Å². The number of nitrogens with zero attached hydrogens (tertiary/aromatic N) is 1. The average molecular weight is 451 g/mol. The minimum Gasteiger partial charge on any atom is -0.352 e. The van der Waals surface area contributed by atoms with Gasteiger partial charge in [-0.25, -0.2) is 0 Å². The van der Waals surface area contributed by atoms with Crippen LogP contribution in [0.15, 0.2) is 79.0 Å². The fourth-order valence-electron chi connectivity index (χ4n) is 4.14. The number of Topliss-reactive ketones (excluding diaryl/α,β-unsaturated/α-hetero) is 1. The van der Waals surface area contributed by atoms with Gasteiger partial charge in [0.15, 0.2) is 5.78 Å². The van der Waals surface area contributed by atoms with Crippen molar-refractivity contribution in [3.63, 3.8) is 0 Å². The van der Waals surface area contributed by atoms with Crippen molar-refractivity contribution in [2.24, 2.45) is 0 Å². The summed E-state index contributed by atoms with van der Waals surface area (Å²) >= 11 is 0. The Balaban J connectivity index is 1.72. The number of amides is 1. The summed E-state index contributed by atoms with van der Waals surface area (Å²) in [6, 6.07) is 24.0. The molecule has 1 N–H and O–H groups in total. The summed E-state index contributed by atoms with van der Waals surface area (Å²) < 4.78 is 0. The van der Waals surface area contributed by atoms with E-state index >= 15 is 0 Å². The number of benzene rings is 3. The Labute approximate surface area is 201 Å². The Morgan fingerprint density at radius 3 is 2.32 bits per heavy atom. The maximum Gasteiger partial charge on any atom is 0.251 e. The highest BCUT2D eigenvalue weighted by Gasteiger charge is 2.16. The van der Waals surface area contributed by atoms with Crippen LogP contribution in [0.5, 0.6) is 0 Å². The molecule has 0 radical (unpaired) electrons. The lowest BCUT2D eigenvalue weighted by molar-refractivity contribution is 0.0951. The first kappa shape index (κ1) is 23.4. The molecular weight excluding hydrogens is 420 g/mol. The first-order chi connectivity index (χ1) is 16.6. The number of carbonyl (C=O) groups is 2. The highest BCUT2D eigenvalue weighted by molar-refractivity contribution is 6.02. The standard InChI is InChI=1S/C30H30N2O2/c1-3-5-17-31-30(34)23-13-11-22(12-14-23)24-15-16-28-26(19-24)25(18-21-9-7-6-8-10-21)27(20-32-28)29(33)4-2/h6-16,19-20H,3-5,17-18H2,1-2H3,(H,31,34). The van der Waals surface area contributed by atoms with E-state index in [9.17, 15) is 9.59 Å². The van der Waals surface area contributed by atoms with Crippen LogP contribution >= 0.6 is 0 Å². The molecular formula is C30H30N2O2. The van der Waals surface area contributed by atoms with Crippen LogP contribution in [0.3, 0.4) is 0 Å². The third-order valence-electron chi connectivity index (χ3n) is 6.12. The second kappa shape index (κ2) is 10.9. The SMILES string of the molecule is CCCCNC(=O)c1ccc(-c2ccc3ncc(C(=O)CC)c(Cc4ccccc4)c3c2)cc1. The quantitative estimate of drug-likeness (QED) is 0.230. The van der Waals surface area contributed by atoms with E-state index in [1.54, 1.807) is 6.20 Å². The van der Waals surface area contributed by atoms with Crippen LogP contribution in [-0.2, 0) is 6.42 Å². The number of rotatable bonds is 9. The Kier molecular flexibility index (Phi) is 7.48. The van der Waals surface area contributed by atoms with E-state index in [1.165, 1.54) is 0 Å². The van der Waals surface area contributed by atoms with Crippen LogP contribution in [0.4, 0.5) is 0 Å². The molecule has 0 atom stereocenters. The molecule has 1 heterocycles. The van der Waals surface area contributed by atoms with Crippen LogP contribution in [0, 0.1) is 0 Å². The number of fused-ring (bicyclic) bond motifs is 1. The molecule has 0 fully saturated rings. The molecule has 4 aromatic rings. The average Bonchev–Trinajstić information content (AvgIpc) is 2.89. The molecule has 0 aliphatic carbocycles. The summed E-state index contributed by atoms with van der Waals surface area (Å²) in [4.78, 5) is 29.7. The minimum absolute atomic E-state index is 0.0458. The number of hydrogen-bond acceptors (Lipinski definition) is 3. The number of carbonyl (C=O) groups excluding carboxylic acids is 2. The molecule has 0 spiro atoms. The summed E-state index contributed by atoms with van der Waals surface area (Å²) in [6.07, 6.45) is 4.85. The predicted molar refractivity (Wildman–Crippen MR) is 138 cm³/mol. The van der Waals surface area contributed by atoms with E-state index in [-0.39, 0.29) is 11.7 Å². The monoisotopic (exact) mass is 450 g/mol. The Morgan fingerprint density at radius 1 is 0.882 bits per heavy atom. The second-order valence-electron chi connectivity index (χ2n) is 8.51. The summed E-state index contributed by atoms with van der Waals surface area (Å²) in [7, 11) is 0. The molecule has 1 amide bonds. The maximum absolute atomic E-state index is 12.7. The lowest BCUT2D eigenvalue weighted by Crippen LogP contribution is -2.24. The number of unbranched alkanes of at least 4 members (excludes halogenated alkanes) is 1. The van der Waals surface area contributed by atoms with Gasteiger partial charge in [-0.2, -0.15) is 0 Å². The molecule has 0 aliphatic heterocycles. The number of nitrogens with one attached hydrogen (secondary N) is 1. The van der Waals surface area contributed by atoms with Gasteiger partial charge in [0.1, 0.15) is 0 Å². The van der Waals surface area contributed by atoms with Crippen molar-refractivity contribution in [3.8, 4) is 11.1 Å². The molecule has 4 rings (SSSR count). The third kappa shape index (κ3) is 5.23. The van der Waals surface area contributed by atoms with Crippen molar-refractivity contribution in [2.45, 2.75) is 39.5 Å². The van der Waals surface area contributed by atoms with Crippen LogP contribution in [-0.4, -0.2) is 23.2 Å². The molecule has 34 heavy (non-hydrogen) atoms. The summed E-state index contributed by atoms with van der Waals surface area (Å²) in [5, 5.41) is 3.95. The predicted octanol–water partition coefficient (Wildman–Crippen LogP) is 6.62. The summed E-state index contributed by atoms with van der Waals surface area (Å²) in [5.41, 5.74) is 6.43. The van der Waals surface area contributed by atoms with Gasteiger partial charge < -0.3 is 5.32 Å². The molecule has 3 aromatic carbocycles. The van der Waals surface area contributed by atoms with Crippen LogP contribution in [0.25, 0.3) is 22.0 Å². The molecule has 0 bridgehead atoms. The van der Waals surface area contributed by atoms with E-state index in [4.69, 9.17) is 0 Å². The molecule has 172 valence electrons. The van der Waals surface area contributed by atoms with Crippen molar-refractivity contribution < 1.29 is 9.59 Å². The van der Waals surface area contributed by atoms with Crippen LogP contribution < -0.4 is 5.32 Å². The van der Waals surface area contributed by atoms with Gasteiger partial charge in [0.05, 0.1) is 5.52 Å². The highest BCUT2D eigenvalue weighted by atomic mass is 16.1. The molecule has 0 saturated heterocycles. The van der Waals surface area contributed by atoms with Gasteiger partial charge in [-0.05, 0) is 59.4 Å². The van der Waals surface area contributed by atoms with Gasteiger partial charge in [-0.15, -0.1) is 0 Å². The normalized spacial score (nSPS) is 10.9. The minimum atomic E-state index is -0.0458. The molecule has 0 saturated carbocycles. The zero-order valence-electron chi connectivity index (χ0n) is 19.8. The largest absolute Gasteiger partial charge is 0.352 e. The van der Waals surface area contributed by atoms with Gasteiger partial charge in [-0.1, -0.05) is 68.8 Å². The van der Waals surface area contributed by atoms with Crippen LogP contribution in [0.1, 0.15) is 65.0 Å². The van der Waals surface area contributed by atoms with Crippen molar-refractivity contribution in [1.82, 2.24) is 10.3 Å². The van der Waals surface area contributed by atoms with E-state index < -0.39 is 0 Å². The maximum atomic E-state index is 12.7. The van der Waals surface area contributed by atoms with E-state index in [0.717, 1.165) is 46.0 Å². The lowest BCUT2D eigenvalue weighted by atomic mass is 9.92. The third-order valence-corrected chi connectivity index (χ3v) is 6.12. The smallest absolute Gasteiger partial charge is 0.251 e.